The molecule has 0 N–H and O–H groups in total. The maximum atomic E-state index is 5.78. The van der Waals surface area contributed by atoms with Gasteiger partial charge in [-0.3, -0.25) is 0 Å². The minimum absolute atomic E-state index is 0.444. The van der Waals surface area contributed by atoms with Gasteiger partial charge in [-0.25, -0.2) is 4.98 Å². The average Bonchev–Trinajstić information content (AvgIpc) is 2.13. The van der Waals surface area contributed by atoms with E-state index < -0.39 is 6.29 Å². The summed E-state index contributed by atoms with van der Waals surface area (Å²) in [6.07, 6.45) is 1.11. The van der Waals surface area contributed by atoms with Gasteiger partial charge >= 0.3 is 0 Å². The minimum atomic E-state index is -0.444. The number of methoxy groups -OCH3 is 2. The summed E-state index contributed by atoms with van der Waals surface area (Å²) >= 11 is 9.06. The van der Waals surface area contributed by atoms with Crippen molar-refractivity contribution in [1.29, 1.82) is 0 Å². The van der Waals surface area contributed by atoms with E-state index in [-0.39, 0.29) is 0 Å². The van der Waals surface area contributed by atoms with Crippen molar-refractivity contribution in [1.82, 2.24) is 4.98 Å². The molecule has 0 bridgehead atoms. The second kappa shape index (κ2) is 4.91. The molecule has 5 heteroatoms. The zero-order chi connectivity index (χ0) is 9.84. The highest BCUT2D eigenvalue weighted by Crippen LogP contribution is 2.26. The fraction of sp³-hybridized carbons (Fsp3) is 0.375. The van der Waals surface area contributed by atoms with Gasteiger partial charge in [0.05, 0.1) is 5.02 Å². The van der Waals surface area contributed by atoms with Crippen molar-refractivity contribution in [3.63, 3.8) is 0 Å². The number of halogens is 2. The first-order valence-electron chi connectivity index (χ1n) is 3.55. The molecule has 0 aliphatic carbocycles. The van der Waals surface area contributed by atoms with Crippen molar-refractivity contribution >= 4 is 27.5 Å². The quantitative estimate of drug-likeness (QED) is 0.623. The van der Waals surface area contributed by atoms with Crippen LogP contribution >= 0.6 is 27.5 Å². The lowest BCUT2D eigenvalue weighted by atomic mass is 10.3. The molecule has 0 atom stereocenters. The molecule has 0 unspecified atom stereocenters. The third kappa shape index (κ3) is 2.64. The van der Waals surface area contributed by atoms with Gasteiger partial charge in [0.25, 0.3) is 0 Å². The summed E-state index contributed by atoms with van der Waals surface area (Å²) in [6, 6.07) is 1.75. The fourth-order valence-corrected chi connectivity index (χ4v) is 1.52. The van der Waals surface area contributed by atoms with Gasteiger partial charge in [-0.2, -0.15) is 0 Å². The van der Waals surface area contributed by atoms with Crippen molar-refractivity contribution in [2.45, 2.75) is 6.29 Å². The Kier molecular flexibility index (Phi) is 4.12. The molecule has 72 valence electrons. The van der Waals surface area contributed by atoms with Crippen LogP contribution in [0.25, 0.3) is 0 Å². The van der Waals surface area contributed by atoms with E-state index >= 15 is 0 Å². The molecule has 1 rings (SSSR count). The first kappa shape index (κ1) is 10.9. The third-order valence-corrected chi connectivity index (χ3v) is 2.38. The van der Waals surface area contributed by atoms with E-state index in [9.17, 15) is 0 Å². The van der Waals surface area contributed by atoms with Gasteiger partial charge < -0.3 is 9.47 Å². The molecule has 0 spiro atoms. The molecule has 1 heterocycles. The number of hydrogen-bond acceptors (Lipinski definition) is 3. The van der Waals surface area contributed by atoms with Crippen LogP contribution in [0.15, 0.2) is 16.9 Å². The van der Waals surface area contributed by atoms with Crippen molar-refractivity contribution < 1.29 is 9.47 Å². The molecule has 1 aromatic rings. The predicted octanol–water partition coefficient (Wildman–Crippen LogP) is 2.79. The average molecular weight is 267 g/mol. The Balaban J connectivity index is 3.03. The molecule has 0 fully saturated rings. The molecular formula is C8H9BrClNO2. The molecule has 0 saturated carbocycles. The van der Waals surface area contributed by atoms with Gasteiger partial charge in [-0.1, -0.05) is 11.6 Å². The van der Waals surface area contributed by atoms with E-state index in [1.807, 2.05) is 0 Å². The molecule has 0 aliphatic heterocycles. The first-order valence-corrected chi connectivity index (χ1v) is 4.72. The van der Waals surface area contributed by atoms with Gasteiger partial charge in [0.2, 0.25) is 0 Å². The highest BCUT2D eigenvalue weighted by molar-refractivity contribution is 9.10. The highest BCUT2D eigenvalue weighted by Gasteiger charge is 2.13. The Bertz CT molecular complexity index is 291. The van der Waals surface area contributed by atoms with Gasteiger partial charge in [-0.15, -0.1) is 0 Å². The van der Waals surface area contributed by atoms with Crippen LogP contribution in [0.3, 0.4) is 0 Å². The summed E-state index contributed by atoms with van der Waals surface area (Å²) in [5, 5.41) is 0.553. The summed E-state index contributed by atoms with van der Waals surface area (Å²) in [5.74, 6) is 0. The molecule has 1 aromatic heterocycles. The summed E-state index contributed by atoms with van der Waals surface area (Å²) < 4.78 is 10.8. The number of nitrogens with zero attached hydrogens (tertiary/aromatic N) is 1. The Labute approximate surface area is 90.1 Å². The maximum Gasteiger partial charge on any atom is 0.185 e. The predicted molar refractivity (Wildman–Crippen MR) is 53.7 cm³/mol. The van der Waals surface area contributed by atoms with Gasteiger partial charge in [0.15, 0.2) is 6.29 Å². The molecule has 0 aliphatic rings. The molecule has 0 radical (unpaired) electrons. The summed E-state index contributed by atoms with van der Waals surface area (Å²) in [7, 11) is 3.11. The van der Waals surface area contributed by atoms with Crippen molar-refractivity contribution in [2.75, 3.05) is 14.2 Å². The van der Waals surface area contributed by atoms with E-state index in [0.717, 1.165) is 5.56 Å². The van der Waals surface area contributed by atoms with Crippen LogP contribution in [-0.4, -0.2) is 19.2 Å². The standard InChI is InChI=1S/C8H9BrClNO2/c1-12-8(13-2)6-3-5(10)4-11-7(6)9/h3-4,8H,1-2H3. The lowest BCUT2D eigenvalue weighted by Gasteiger charge is -2.14. The van der Waals surface area contributed by atoms with Crippen LogP contribution in [0.5, 0.6) is 0 Å². The Morgan fingerprint density at radius 2 is 2.08 bits per heavy atom. The van der Waals surface area contributed by atoms with E-state index in [2.05, 4.69) is 20.9 Å². The van der Waals surface area contributed by atoms with Crippen molar-refractivity contribution in [3.8, 4) is 0 Å². The second-order valence-corrected chi connectivity index (χ2v) is 3.52. The van der Waals surface area contributed by atoms with E-state index in [4.69, 9.17) is 21.1 Å². The van der Waals surface area contributed by atoms with Crippen LogP contribution in [0.1, 0.15) is 11.9 Å². The van der Waals surface area contributed by atoms with Crippen molar-refractivity contribution in [2.24, 2.45) is 0 Å². The Morgan fingerprint density at radius 1 is 1.46 bits per heavy atom. The molecule has 13 heavy (non-hydrogen) atoms. The van der Waals surface area contributed by atoms with E-state index in [1.165, 1.54) is 0 Å². The smallest absolute Gasteiger partial charge is 0.185 e. The van der Waals surface area contributed by atoms with Crippen LogP contribution in [0, 0.1) is 0 Å². The van der Waals surface area contributed by atoms with Crippen LogP contribution in [0.4, 0.5) is 0 Å². The second-order valence-electron chi connectivity index (χ2n) is 2.34. The zero-order valence-electron chi connectivity index (χ0n) is 7.25. The number of hydrogen-bond donors (Lipinski definition) is 0. The number of ether oxygens (including phenoxy) is 2. The molecule has 0 saturated heterocycles. The summed E-state index contributed by atoms with van der Waals surface area (Å²) in [4.78, 5) is 4.02. The van der Waals surface area contributed by atoms with Crippen LogP contribution in [-0.2, 0) is 9.47 Å². The van der Waals surface area contributed by atoms with Crippen molar-refractivity contribution in [3.05, 3.63) is 27.5 Å². The van der Waals surface area contributed by atoms with Gasteiger partial charge in [-0.05, 0) is 22.0 Å². The first-order chi connectivity index (χ1) is 6.19. The topological polar surface area (TPSA) is 31.4 Å². The normalized spacial score (nSPS) is 10.8. The molecule has 0 amide bonds. The fourth-order valence-electron chi connectivity index (χ4n) is 0.954. The minimum Gasteiger partial charge on any atom is -0.352 e. The number of aromatic nitrogens is 1. The van der Waals surface area contributed by atoms with Crippen LogP contribution < -0.4 is 0 Å². The summed E-state index contributed by atoms with van der Waals surface area (Å²) in [6.45, 7) is 0. The third-order valence-electron chi connectivity index (χ3n) is 1.51. The largest absolute Gasteiger partial charge is 0.352 e. The molecule has 3 nitrogen and oxygen atoms in total. The van der Waals surface area contributed by atoms with Crippen LogP contribution in [0.2, 0.25) is 5.02 Å². The number of rotatable bonds is 3. The zero-order valence-corrected chi connectivity index (χ0v) is 9.59. The van der Waals surface area contributed by atoms with E-state index in [0.29, 0.717) is 9.63 Å². The Morgan fingerprint density at radius 3 is 2.62 bits per heavy atom. The maximum absolute atomic E-state index is 5.78. The van der Waals surface area contributed by atoms with Gasteiger partial charge in [0.1, 0.15) is 4.60 Å². The lowest BCUT2D eigenvalue weighted by molar-refractivity contribution is -0.106. The Hall–Kier alpha value is -0.160. The monoisotopic (exact) mass is 265 g/mol. The lowest BCUT2D eigenvalue weighted by Crippen LogP contribution is -2.05. The highest BCUT2D eigenvalue weighted by atomic mass is 79.9. The molecular weight excluding hydrogens is 257 g/mol. The molecule has 0 aromatic carbocycles. The SMILES string of the molecule is COC(OC)c1cc(Cl)cnc1Br. The van der Waals surface area contributed by atoms with E-state index in [1.54, 1.807) is 26.5 Å². The number of pyridine rings is 1. The van der Waals surface area contributed by atoms with Gasteiger partial charge in [0, 0.05) is 26.0 Å². The summed E-state index contributed by atoms with van der Waals surface area (Å²) in [5.41, 5.74) is 0.775.